The molecule has 0 spiro atoms. The van der Waals surface area contributed by atoms with Crippen LogP contribution in [0.15, 0.2) is 30.6 Å². The number of benzene rings is 1. The first-order chi connectivity index (χ1) is 9.10. The standard InChI is InChI=1S/C13H14FN3O2/c1-2-17-7-9(6-16-17)8-19-13(18)11-5-10(14)3-4-12(11)15/h3-7H,2,8,15H2,1H3. The largest absolute Gasteiger partial charge is 0.457 e. The van der Waals surface area contributed by atoms with Gasteiger partial charge in [-0.1, -0.05) is 0 Å². The highest BCUT2D eigenvalue weighted by atomic mass is 19.1. The number of aryl methyl sites for hydroxylation is 1. The molecule has 5 nitrogen and oxygen atoms in total. The van der Waals surface area contributed by atoms with Gasteiger partial charge in [-0.05, 0) is 25.1 Å². The molecule has 0 bridgehead atoms. The topological polar surface area (TPSA) is 70.1 Å². The Morgan fingerprint density at radius 1 is 1.53 bits per heavy atom. The van der Waals surface area contributed by atoms with E-state index < -0.39 is 11.8 Å². The first kappa shape index (κ1) is 13.1. The fourth-order valence-electron chi connectivity index (χ4n) is 1.59. The molecule has 0 amide bonds. The van der Waals surface area contributed by atoms with Crippen molar-refractivity contribution < 1.29 is 13.9 Å². The average Bonchev–Trinajstić information content (AvgIpc) is 2.87. The molecule has 0 aliphatic heterocycles. The van der Waals surface area contributed by atoms with Gasteiger partial charge in [0.05, 0.1) is 11.8 Å². The smallest absolute Gasteiger partial charge is 0.340 e. The Bertz CT molecular complexity index is 595. The van der Waals surface area contributed by atoms with Crippen LogP contribution in [-0.2, 0) is 17.9 Å². The predicted molar refractivity (Wildman–Crippen MR) is 67.8 cm³/mol. The van der Waals surface area contributed by atoms with E-state index in [9.17, 15) is 9.18 Å². The summed E-state index contributed by atoms with van der Waals surface area (Å²) in [6, 6.07) is 3.59. The zero-order valence-electron chi connectivity index (χ0n) is 10.5. The molecule has 0 aliphatic rings. The van der Waals surface area contributed by atoms with Gasteiger partial charge >= 0.3 is 5.97 Å². The zero-order valence-corrected chi connectivity index (χ0v) is 10.5. The highest BCUT2D eigenvalue weighted by Gasteiger charge is 2.12. The molecule has 0 unspecified atom stereocenters. The van der Waals surface area contributed by atoms with E-state index in [2.05, 4.69) is 5.10 Å². The number of halogens is 1. The van der Waals surface area contributed by atoms with E-state index in [0.717, 1.165) is 18.2 Å². The molecule has 0 saturated carbocycles. The summed E-state index contributed by atoms with van der Waals surface area (Å²) in [5, 5.41) is 4.06. The third kappa shape index (κ3) is 3.09. The van der Waals surface area contributed by atoms with Crippen LogP contribution < -0.4 is 5.73 Å². The Kier molecular flexibility index (Phi) is 3.79. The molecular formula is C13H14FN3O2. The number of hydrogen-bond donors (Lipinski definition) is 1. The summed E-state index contributed by atoms with van der Waals surface area (Å²) >= 11 is 0. The van der Waals surface area contributed by atoms with Crippen molar-refractivity contribution in [3.05, 3.63) is 47.5 Å². The fraction of sp³-hybridized carbons (Fsp3) is 0.231. The molecular weight excluding hydrogens is 249 g/mol. The van der Waals surface area contributed by atoms with E-state index in [0.29, 0.717) is 0 Å². The number of rotatable bonds is 4. The first-order valence-electron chi connectivity index (χ1n) is 5.83. The Morgan fingerprint density at radius 2 is 2.32 bits per heavy atom. The van der Waals surface area contributed by atoms with Gasteiger partial charge in [-0.2, -0.15) is 5.10 Å². The number of aromatic nitrogens is 2. The highest BCUT2D eigenvalue weighted by molar-refractivity contribution is 5.95. The molecule has 0 atom stereocenters. The van der Waals surface area contributed by atoms with E-state index in [4.69, 9.17) is 10.5 Å². The van der Waals surface area contributed by atoms with Gasteiger partial charge in [-0.25, -0.2) is 9.18 Å². The second-order valence-electron chi connectivity index (χ2n) is 4.01. The Balaban J connectivity index is 2.03. The molecule has 2 rings (SSSR count). The van der Waals surface area contributed by atoms with Gasteiger partial charge in [0.25, 0.3) is 0 Å². The quantitative estimate of drug-likeness (QED) is 0.676. The Hall–Kier alpha value is -2.37. The van der Waals surface area contributed by atoms with Crippen LogP contribution in [0.25, 0.3) is 0 Å². The second kappa shape index (κ2) is 5.51. The minimum atomic E-state index is -0.652. The summed E-state index contributed by atoms with van der Waals surface area (Å²) in [5.74, 6) is -1.18. The molecule has 100 valence electrons. The summed E-state index contributed by atoms with van der Waals surface area (Å²) in [4.78, 5) is 11.8. The lowest BCUT2D eigenvalue weighted by molar-refractivity contribution is 0.0473. The van der Waals surface area contributed by atoms with Crippen molar-refractivity contribution in [1.29, 1.82) is 0 Å². The Labute approximate surface area is 109 Å². The molecule has 1 heterocycles. The van der Waals surface area contributed by atoms with Gasteiger partial charge in [0.2, 0.25) is 0 Å². The minimum Gasteiger partial charge on any atom is -0.457 e. The van der Waals surface area contributed by atoms with Crippen LogP contribution in [0.2, 0.25) is 0 Å². The van der Waals surface area contributed by atoms with E-state index >= 15 is 0 Å². The van der Waals surface area contributed by atoms with Crippen LogP contribution >= 0.6 is 0 Å². The Morgan fingerprint density at radius 3 is 3.00 bits per heavy atom. The molecule has 0 radical (unpaired) electrons. The fourth-order valence-corrected chi connectivity index (χ4v) is 1.59. The normalized spacial score (nSPS) is 10.4. The number of nitrogens with two attached hydrogens (primary N) is 1. The van der Waals surface area contributed by atoms with Crippen LogP contribution in [0.1, 0.15) is 22.8 Å². The number of nitrogen functional groups attached to an aromatic ring is 1. The second-order valence-corrected chi connectivity index (χ2v) is 4.01. The van der Waals surface area contributed by atoms with Crippen LogP contribution in [-0.4, -0.2) is 15.7 Å². The van der Waals surface area contributed by atoms with Gasteiger partial charge in [-0.15, -0.1) is 0 Å². The molecule has 2 N–H and O–H groups in total. The van der Waals surface area contributed by atoms with Gasteiger partial charge < -0.3 is 10.5 Å². The van der Waals surface area contributed by atoms with Gasteiger partial charge in [0, 0.05) is 24.0 Å². The molecule has 0 aliphatic carbocycles. The molecule has 1 aromatic heterocycles. The highest BCUT2D eigenvalue weighted by Crippen LogP contribution is 2.15. The summed E-state index contributed by atoms with van der Waals surface area (Å²) < 4.78 is 19.8. The SMILES string of the molecule is CCn1cc(COC(=O)c2cc(F)ccc2N)cn1. The number of anilines is 1. The molecule has 0 saturated heterocycles. The van der Waals surface area contributed by atoms with E-state index in [1.54, 1.807) is 17.1 Å². The van der Waals surface area contributed by atoms with Crippen molar-refractivity contribution >= 4 is 11.7 Å². The summed E-state index contributed by atoms with van der Waals surface area (Å²) in [7, 11) is 0. The number of carbonyl (C=O) groups is 1. The lowest BCUT2D eigenvalue weighted by Crippen LogP contribution is -2.08. The number of hydrogen-bond acceptors (Lipinski definition) is 4. The van der Waals surface area contributed by atoms with E-state index in [-0.39, 0.29) is 17.9 Å². The number of carbonyl (C=O) groups excluding carboxylic acids is 1. The molecule has 1 aromatic carbocycles. The molecule has 0 fully saturated rings. The summed E-state index contributed by atoms with van der Waals surface area (Å²) in [5.41, 5.74) is 6.59. The lowest BCUT2D eigenvalue weighted by atomic mass is 10.2. The number of ether oxygens (including phenoxy) is 1. The first-order valence-corrected chi connectivity index (χ1v) is 5.83. The zero-order chi connectivity index (χ0) is 13.8. The van der Waals surface area contributed by atoms with Crippen molar-refractivity contribution in [3.8, 4) is 0 Å². The third-order valence-electron chi connectivity index (χ3n) is 2.62. The van der Waals surface area contributed by atoms with Crippen molar-refractivity contribution in [2.75, 3.05) is 5.73 Å². The minimum absolute atomic E-state index is 0.0304. The van der Waals surface area contributed by atoms with E-state index in [1.165, 1.54) is 12.1 Å². The van der Waals surface area contributed by atoms with Crippen LogP contribution in [0.4, 0.5) is 10.1 Å². The van der Waals surface area contributed by atoms with Gasteiger partial charge in [-0.3, -0.25) is 4.68 Å². The third-order valence-corrected chi connectivity index (χ3v) is 2.62. The average molecular weight is 263 g/mol. The van der Waals surface area contributed by atoms with Crippen molar-refractivity contribution in [2.45, 2.75) is 20.1 Å². The number of nitrogens with zero attached hydrogens (tertiary/aromatic N) is 2. The number of esters is 1. The lowest BCUT2D eigenvalue weighted by Gasteiger charge is -2.06. The van der Waals surface area contributed by atoms with Gasteiger partial charge in [0.1, 0.15) is 12.4 Å². The molecule has 6 heteroatoms. The van der Waals surface area contributed by atoms with E-state index in [1.807, 2.05) is 6.92 Å². The maximum atomic E-state index is 13.0. The summed E-state index contributed by atoms with van der Waals surface area (Å²) in [6.07, 6.45) is 3.40. The summed E-state index contributed by atoms with van der Waals surface area (Å²) in [6.45, 7) is 2.77. The van der Waals surface area contributed by atoms with Crippen molar-refractivity contribution in [1.82, 2.24) is 9.78 Å². The van der Waals surface area contributed by atoms with Crippen molar-refractivity contribution in [3.63, 3.8) is 0 Å². The van der Waals surface area contributed by atoms with Gasteiger partial charge in [0.15, 0.2) is 0 Å². The van der Waals surface area contributed by atoms with Crippen molar-refractivity contribution in [2.24, 2.45) is 0 Å². The monoisotopic (exact) mass is 263 g/mol. The molecule has 2 aromatic rings. The predicted octanol–water partition coefficient (Wildman–Crippen LogP) is 1.98. The maximum Gasteiger partial charge on any atom is 0.340 e. The maximum absolute atomic E-state index is 13.0. The van der Waals surface area contributed by atoms with Crippen LogP contribution in [0, 0.1) is 5.82 Å². The van der Waals surface area contributed by atoms with Crippen LogP contribution in [0.5, 0.6) is 0 Å². The van der Waals surface area contributed by atoms with Crippen LogP contribution in [0.3, 0.4) is 0 Å². The molecule has 19 heavy (non-hydrogen) atoms.